The molecule has 20 heavy (non-hydrogen) atoms. The third kappa shape index (κ3) is 2.61. The summed E-state index contributed by atoms with van der Waals surface area (Å²) in [6, 6.07) is 12.0. The van der Waals surface area contributed by atoms with Gasteiger partial charge in [0.15, 0.2) is 11.6 Å². The topological polar surface area (TPSA) is 77.3 Å². The molecule has 0 spiro atoms. The molecular formula is C15H11NO4. The van der Waals surface area contributed by atoms with E-state index in [-0.39, 0.29) is 22.6 Å². The van der Waals surface area contributed by atoms with Gasteiger partial charge in [0.25, 0.3) is 5.69 Å². The minimum Gasteiger partial charge on any atom is -0.294 e. The number of nitro groups is 1. The van der Waals surface area contributed by atoms with Gasteiger partial charge in [0.05, 0.1) is 4.92 Å². The van der Waals surface area contributed by atoms with Gasteiger partial charge in [-0.15, -0.1) is 0 Å². The molecule has 2 aromatic rings. The molecule has 2 rings (SSSR count). The van der Waals surface area contributed by atoms with E-state index in [0.29, 0.717) is 5.56 Å². The van der Waals surface area contributed by atoms with Crippen LogP contribution in [0.3, 0.4) is 0 Å². The molecule has 0 heterocycles. The maximum Gasteiger partial charge on any atom is 0.270 e. The maximum absolute atomic E-state index is 12.4. The van der Waals surface area contributed by atoms with Gasteiger partial charge in [-0.3, -0.25) is 19.7 Å². The van der Waals surface area contributed by atoms with Crippen molar-refractivity contribution in [3.05, 3.63) is 75.3 Å². The van der Waals surface area contributed by atoms with Crippen LogP contribution in [0.2, 0.25) is 0 Å². The molecule has 0 saturated carbocycles. The number of carbonyl (C=O) groups is 2. The Morgan fingerprint density at radius 1 is 1.00 bits per heavy atom. The molecule has 0 aliphatic rings. The van der Waals surface area contributed by atoms with Crippen LogP contribution >= 0.6 is 0 Å². The Bertz CT molecular complexity index is 692. The van der Waals surface area contributed by atoms with E-state index < -0.39 is 10.7 Å². The van der Waals surface area contributed by atoms with Crippen LogP contribution in [0.5, 0.6) is 0 Å². The van der Waals surface area contributed by atoms with Crippen molar-refractivity contribution in [1.82, 2.24) is 0 Å². The highest BCUT2D eigenvalue weighted by Gasteiger charge is 2.19. The number of hydrogen-bond acceptors (Lipinski definition) is 4. The largest absolute Gasteiger partial charge is 0.294 e. The molecule has 5 nitrogen and oxygen atoms in total. The average molecular weight is 269 g/mol. The van der Waals surface area contributed by atoms with Crippen molar-refractivity contribution in [1.29, 1.82) is 0 Å². The molecular weight excluding hydrogens is 258 g/mol. The summed E-state index contributed by atoms with van der Waals surface area (Å²) in [6.45, 7) is 1.32. The van der Waals surface area contributed by atoms with E-state index in [0.717, 1.165) is 6.07 Å². The van der Waals surface area contributed by atoms with E-state index in [1.807, 2.05) is 0 Å². The molecule has 0 atom stereocenters. The quantitative estimate of drug-likeness (QED) is 0.485. The Morgan fingerprint density at radius 3 is 2.20 bits per heavy atom. The summed E-state index contributed by atoms with van der Waals surface area (Å²) in [5, 5.41) is 10.8. The number of nitrogens with zero attached hydrogens (tertiary/aromatic N) is 1. The van der Waals surface area contributed by atoms with Gasteiger partial charge in [-0.05, 0) is 13.0 Å². The van der Waals surface area contributed by atoms with Crippen molar-refractivity contribution in [2.75, 3.05) is 0 Å². The molecule has 0 N–H and O–H groups in total. The molecule has 0 radical (unpaired) electrons. The monoisotopic (exact) mass is 269 g/mol. The van der Waals surface area contributed by atoms with E-state index in [4.69, 9.17) is 0 Å². The predicted octanol–water partition coefficient (Wildman–Crippen LogP) is 3.03. The van der Waals surface area contributed by atoms with Crippen LogP contribution in [0.25, 0.3) is 0 Å². The van der Waals surface area contributed by atoms with Gasteiger partial charge in [-0.25, -0.2) is 0 Å². The molecule has 0 amide bonds. The van der Waals surface area contributed by atoms with Crippen molar-refractivity contribution < 1.29 is 14.5 Å². The summed E-state index contributed by atoms with van der Waals surface area (Å²) in [5.74, 6) is -0.710. The molecule has 0 saturated heterocycles. The van der Waals surface area contributed by atoms with E-state index >= 15 is 0 Å². The van der Waals surface area contributed by atoms with Crippen LogP contribution in [0.15, 0.2) is 48.5 Å². The van der Waals surface area contributed by atoms with Gasteiger partial charge in [0, 0.05) is 28.8 Å². The standard InChI is InChI=1S/C15H11NO4/c1-10(17)13-8-7-12(16(19)20)9-14(13)15(18)11-5-3-2-4-6-11/h2-9H,1H3. The number of carbonyl (C=O) groups excluding carboxylic acids is 2. The molecule has 0 aliphatic heterocycles. The van der Waals surface area contributed by atoms with Crippen molar-refractivity contribution in [3.63, 3.8) is 0 Å². The first-order chi connectivity index (χ1) is 9.50. The molecule has 2 aromatic carbocycles. The first-order valence-corrected chi connectivity index (χ1v) is 5.90. The summed E-state index contributed by atoms with van der Waals surface area (Å²) in [5.41, 5.74) is 0.409. The molecule has 0 aliphatic carbocycles. The Balaban J connectivity index is 2.58. The van der Waals surface area contributed by atoms with E-state index in [1.54, 1.807) is 30.3 Å². The van der Waals surface area contributed by atoms with Gasteiger partial charge < -0.3 is 0 Å². The molecule has 0 aromatic heterocycles. The van der Waals surface area contributed by atoms with Crippen LogP contribution < -0.4 is 0 Å². The van der Waals surface area contributed by atoms with Crippen molar-refractivity contribution >= 4 is 17.3 Å². The number of rotatable bonds is 4. The van der Waals surface area contributed by atoms with Gasteiger partial charge in [-0.2, -0.15) is 0 Å². The summed E-state index contributed by atoms with van der Waals surface area (Å²) in [4.78, 5) is 34.1. The Hall–Kier alpha value is -2.82. The normalized spacial score (nSPS) is 10.1. The highest BCUT2D eigenvalue weighted by Crippen LogP contribution is 2.21. The lowest BCUT2D eigenvalue weighted by Gasteiger charge is -2.06. The van der Waals surface area contributed by atoms with Crippen LogP contribution in [-0.4, -0.2) is 16.5 Å². The zero-order valence-electron chi connectivity index (χ0n) is 10.7. The summed E-state index contributed by atoms with van der Waals surface area (Å²) in [7, 11) is 0. The van der Waals surface area contributed by atoms with Gasteiger partial charge in [-0.1, -0.05) is 30.3 Å². The van der Waals surface area contributed by atoms with Crippen LogP contribution in [0, 0.1) is 10.1 Å². The first-order valence-electron chi connectivity index (χ1n) is 5.90. The second kappa shape index (κ2) is 5.44. The second-order valence-electron chi connectivity index (χ2n) is 4.24. The highest BCUT2D eigenvalue weighted by atomic mass is 16.6. The lowest BCUT2D eigenvalue weighted by atomic mass is 9.96. The highest BCUT2D eigenvalue weighted by molar-refractivity contribution is 6.15. The first kappa shape index (κ1) is 13.6. The van der Waals surface area contributed by atoms with Crippen LogP contribution in [0.1, 0.15) is 33.2 Å². The Labute approximate surface area is 115 Å². The van der Waals surface area contributed by atoms with Crippen molar-refractivity contribution in [3.8, 4) is 0 Å². The zero-order valence-corrected chi connectivity index (χ0v) is 10.7. The summed E-state index contributed by atoms with van der Waals surface area (Å²) >= 11 is 0. The fraction of sp³-hybridized carbons (Fsp3) is 0.0667. The summed E-state index contributed by atoms with van der Waals surface area (Å²) in [6.07, 6.45) is 0. The number of non-ortho nitro benzene ring substituents is 1. The number of hydrogen-bond donors (Lipinski definition) is 0. The Kier molecular flexibility index (Phi) is 3.70. The fourth-order valence-corrected chi connectivity index (χ4v) is 1.89. The number of nitro benzene ring substituents is 1. The van der Waals surface area contributed by atoms with E-state index in [9.17, 15) is 19.7 Å². The minimum atomic E-state index is -0.592. The molecule has 0 bridgehead atoms. The van der Waals surface area contributed by atoms with Gasteiger partial charge in [0.2, 0.25) is 0 Å². The van der Waals surface area contributed by atoms with Gasteiger partial charge in [0.1, 0.15) is 0 Å². The molecule has 0 unspecified atom stereocenters. The molecule has 0 fully saturated rings. The third-order valence-electron chi connectivity index (χ3n) is 2.87. The SMILES string of the molecule is CC(=O)c1ccc([N+](=O)[O-])cc1C(=O)c1ccccc1. The van der Waals surface area contributed by atoms with E-state index in [2.05, 4.69) is 0 Å². The second-order valence-corrected chi connectivity index (χ2v) is 4.24. The Morgan fingerprint density at radius 2 is 1.65 bits per heavy atom. The lowest BCUT2D eigenvalue weighted by Crippen LogP contribution is -2.09. The zero-order chi connectivity index (χ0) is 14.7. The van der Waals surface area contributed by atoms with E-state index in [1.165, 1.54) is 19.1 Å². The minimum absolute atomic E-state index is 0.0536. The summed E-state index contributed by atoms with van der Waals surface area (Å²) < 4.78 is 0. The average Bonchev–Trinajstić information content (AvgIpc) is 2.46. The van der Waals surface area contributed by atoms with Gasteiger partial charge >= 0.3 is 0 Å². The number of benzene rings is 2. The molecule has 5 heteroatoms. The maximum atomic E-state index is 12.4. The van der Waals surface area contributed by atoms with Crippen molar-refractivity contribution in [2.45, 2.75) is 6.92 Å². The van der Waals surface area contributed by atoms with Crippen LogP contribution in [0.4, 0.5) is 5.69 Å². The van der Waals surface area contributed by atoms with Crippen LogP contribution in [-0.2, 0) is 0 Å². The molecule has 100 valence electrons. The lowest BCUT2D eigenvalue weighted by molar-refractivity contribution is -0.384. The predicted molar refractivity (Wildman–Crippen MR) is 73.0 cm³/mol. The number of Topliss-reactive ketones (excluding diaryl/α,β-unsaturated/α-hetero) is 1. The fourth-order valence-electron chi connectivity index (χ4n) is 1.89. The number of ketones is 2. The smallest absolute Gasteiger partial charge is 0.270 e. The third-order valence-corrected chi connectivity index (χ3v) is 2.87. The van der Waals surface area contributed by atoms with Crippen molar-refractivity contribution in [2.24, 2.45) is 0 Å².